The maximum absolute atomic E-state index is 8.75. The molecule has 1 aliphatic rings. The molecule has 2 rings (SSSR count). The molecule has 0 radical (unpaired) electrons. The Kier molecular flexibility index (Phi) is 4.43. The van der Waals surface area contributed by atoms with E-state index in [1.807, 2.05) is 6.07 Å². The Morgan fingerprint density at radius 3 is 3.11 bits per heavy atom. The number of oxime groups is 1. The first kappa shape index (κ1) is 13.2. The summed E-state index contributed by atoms with van der Waals surface area (Å²) >= 11 is 3.34. The standard InChI is InChI=1S/C12H15BrN2O3/c13-8-3-4-11(10(6-8)12(14)15-16)18-7-9-2-1-5-17-9/h3-4,6,9,16H,1-2,5,7H2,(H2,14,15). The number of hydrogen-bond donors (Lipinski definition) is 2. The van der Waals surface area contributed by atoms with Crippen molar-refractivity contribution in [1.29, 1.82) is 0 Å². The van der Waals surface area contributed by atoms with Crippen molar-refractivity contribution in [3.05, 3.63) is 28.2 Å². The molecule has 0 amide bonds. The van der Waals surface area contributed by atoms with Gasteiger partial charge >= 0.3 is 0 Å². The Morgan fingerprint density at radius 1 is 1.61 bits per heavy atom. The van der Waals surface area contributed by atoms with E-state index >= 15 is 0 Å². The molecule has 1 aromatic carbocycles. The van der Waals surface area contributed by atoms with Crippen LogP contribution in [0.2, 0.25) is 0 Å². The van der Waals surface area contributed by atoms with Crippen LogP contribution in [0.25, 0.3) is 0 Å². The van der Waals surface area contributed by atoms with E-state index in [0.29, 0.717) is 17.9 Å². The van der Waals surface area contributed by atoms with Gasteiger partial charge in [0.15, 0.2) is 5.84 Å². The molecule has 1 aromatic rings. The minimum Gasteiger partial charge on any atom is -0.490 e. The second-order valence-electron chi connectivity index (χ2n) is 4.07. The summed E-state index contributed by atoms with van der Waals surface area (Å²) in [5, 5.41) is 11.8. The zero-order chi connectivity index (χ0) is 13.0. The van der Waals surface area contributed by atoms with Crippen molar-refractivity contribution in [2.75, 3.05) is 13.2 Å². The molecule has 18 heavy (non-hydrogen) atoms. The van der Waals surface area contributed by atoms with Gasteiger partial charge < -0.3 is 20.4 Å². The molecule has 3 N–H and O–H groups in total. The lowest BCUT2D eigenvalue weighted by Gasteiger charge is -2.14. The van der Waals surface area contributed by atoms with E-state index in [1.54, 1.807) is 12.1 Å². The molecule has 6 heteroatoms. The largest absolute Gasteiger partial charge is 0.490 e. The highest BCUT2D eigenvalue weighted by Crippen LogP contribution is 2.24. The van der Waals surface area contributed by atoms with Gasteiger partial charge in [0.05, 0.1) is 11.7 Å². The van der Waals surface area contributed by atoms with Crippen molar-refractivity contribution in [1.82, 2.24) is 0 Å². The Hall–Kier alpha value is -1.27. The monoisotopic (exact) mass is 314 g/mol. The van der Waals surface area contributed by atoms with Gasteiger partial charge in [-0.25, -0.2) is 0 Å². The van der Waals surface area contributed by atoms with Crippen LogP contribution >= 0.6 is 15.9 Å². The molecule has 0 bridgehead atoms. The van der Waals surface area contributed by atoms with E-state index in [1.165, 1.54) is 0 Å². The number of amidine groups is 1. The van der Waals surface area contributed by atoms with E-state index in [2.05, 4.69) is 21.1 Å². The van der Waals surface area contributed by atoms with Gasteiger partial charge in [0.2, 0.25) is 0 Å². The second-order valence-corrected chi connectivity index (χ2v) is 4.99. The average molecular weight is 315 g/mol. The van der Waals surface area contributed by atoms with Crippen LogP contribution in [0, 0.1) is 0 Å². The number of ether oxygens (including phenoxy) is 2. The van der Waals surface area contributed by atoms with Gasteiger partial charge in [0.1, 0.15) is 12.4 Å². The molecule has 1 fully saturated rings. The van der Waals surface area contributed by atoms with Crippen LogP contribution in [0.5, 0.6) is 5.75 Å². The summed E-state index contributed by atoms with van der Waals surface area (Å²) in [7, 11) is 0. The fourth-order valence-corrected chi connectivity index (χ4v) is 2.20. The summed E-state index contributed by atoms with van der Waals surface area (Å²) in [5.74, 6) is 0.614. The third kappa shape index (κ3) is 3.14. The van der Waals surface area contributed by atoms with Crippen LogP contribution in [0.1, 0.15) is 18.4 Å². The van der Waals surface area contributed by atoms with Crippen molar-refractivity contribution >= 4 is 21.8 Å². The Morgan fingerprint density at radius 2 is 2.44 bits per heavy atom. The summed E-state index contributed by atoms with van der Waals surface area (Å²) < 4.78 is 12.0. The normalized spacial score (nSPS) is 20.1. The molecule has 98 valence electrons. The molecule has 1 unspecified atom stereocenters. The highest BCUT2D eigenvalue weighted by atomic mass is 79.9. The summed E-state index contributed by atoms with van der Waals surface area (Å²) in [6.07, 6.45) is 2.21. The first-order valence-electron chi connectivity index (χ1n) is 5.72. The highest BCUT2D eigenvalue weighted by molar-refractivity contribution is 9.10. The minimum atomic E-state index is 0.0265. The van der Waals surface area contributed by atoms with Crippen LogP contribution in [-0.2, 0) is 4.74 Å². The zero-order valence-corrected chi connectivity index (χ0v) is 11.4. The number of nitrogens with zero attached hydrogens (tertiary/aromatic N) is 1. The van der Waals surface area contributed by atoms with Gasteiger partial charge in [0, 0.05) is 11.1 Å². The first-order valence-corrected chi connectivity index (χ1v) is 6.52. The highest BCUT2D eigenvalue weighted by Gasteiger charge is 2.17. The Labute approximate surface area is 114 Å². The lowest BCUT2D eigenvalue weighted by molar-refractivity contribution is 0.0679. The summed E-state index contributed by atoms with van der Waals surface area (Å²) in [5.41, 5.74) is 6.18. The molecule has 0 aliphatic carbocycles. The maximum Gasteiger partial charge on any atom is 0.173 e. The Bertz CT molecular complexity index is 445. The second kappa shape index (κ2) is 6.06. The van der Waals surface area contributed by atoms with Gasteiger partial charge in [-0.3, -0.25) is 0 Å². The number of rotatable bonds is 4. The fraction of sp³-hybridized carbons (Fsp3) is 0.417. The molecule has 0 saturated carbocycles. The topological polar surface area (TPSA) is 77.1 Å². The zero-order valence-electron chi connectivity index (χ0n) is 9.80. The molecule has 0 spiro atoms. The molecule has 0 aromatic heterocycles. The number of hydrogen-bond acceptors (Lipinski definition) is 4. The van der Waals surface area contributed by atoms with Gasteiger partial charge in [0.25, 0.3) is 0 Å². The Balaban J connectivity index is 2.10. The van der Waals surface area contributed by atoms with Crippen molar-refractivity contribution in [2.45, 2.75) is 18.9 Å². The maximum atomic E-state index is 8.75. The van der Waals surface area contributed by atoms with Crippen molar-refractivity contribution in [2.24, 2.45) is 10.9 Å². The smallest absolute Gasteiger partial charge is 0.173 e. The first-order chi connectivity index (χ1) is 8.70. The summed E-state index contributed by atoms with van der Waals surface area (Å²) in [6.45, 7) is 1.27. The lowest BCUT2D eigenvalue weighted by atomic mass is 10.2. The van der Waals surface area contributed by atoms with Gasteiger partial charge in [-0.05, 0) is 31.0 Å². The van der Waals surface area contributed by atoms with Gasteiger partial charge in [-0.2, -0.15) is 0 Å². The predicted octanol–water partition coefficient (Wildman–Crippen LogP) is 2.10. The average Bonchev–Trinajstić information content (AvgIpc) is 2.89. The number of nitrogens with two attached hydrogens (primary N) is 1. The van der Waals surface area contributed by atoms with Crippen LogP contribution in [0.4, 0.5) is 0 Å². The van der Waals surface area contributed by atoms with E-state index in [4.69, 9.17) is 20.4 Å². The molecular weight excluding hydrogens is 300 g/mol. The molecule has 1 atom stereocenters. The minimum absolute atomic E-state index is 0.0265. The van der Waals surface area contributed by atoms with E-state index in [0.717, 1.165) is 23.9 Å². The van der Waals surface area contributed by atoms with Crippen molar-refractivity contribution < 1.29 is 14.7 Å². The number of benzene rings is 1. The molecule has 1 saturated heterocycles. The van der Waals surface area contributed by atoms with Crippen molar-refractivity contribution in [3.8, 4) is 5.75 Å². The van der Waals surface area contributed by atoms with Crippen LogP contribution in [-0.4, -0.2) is 30.4 Å². The van der Waals surface area contributed by atoms with E-state index in [9.17, 15) is 0 Å². The van der Waals surface area contributed by atoms with Gasteiger partial charge in [-0.15, -0.1) is 0 Å². The summed E-state index contributed by atoms with van der Waals surface area (Å²) in [4.78, 5) is 0. The van der Waals surface area contributed by atoms with Crippen LogP contribution < -0.4 is 10.5 Å². The number of halogens is 1. The van der Waals surface area contributed by atoms with Gasteiger partial charge in [-0.1, -0.05) is 21.1 Å². The molecular formula is C12H15BrN2O3. The molecule has 1 aliphatic heterocycles. The third-order valence-corrected chi connectivity index (χ3v) is 3.27. The van der Waals surface area contributed by atoms with Crippen LogP contribution in [0.3, 0.4) is 0 Å². The third-order valence-electron chi connectivity index (χ3n) is 2.77. The predicted molar refractivity (Wildman–Crippen MR) is 71.1 cm³/mol. The van der Waals surface area contributed by atoms with E-state index in [-0.39, 0.29) is 11.9 Å². The molecule has 1 heterocycles. The summed E-state index contributed by atoms with van der Waals surface area (Å²) in [6, 6.07) is 5.38. The molecule has 5 nitrogen and oxygen atoms in total. The van der Waals surface area contributed by atoms with Crippen LogP contribution in [0.15, 0.2) is 27.8 Å². The van der Waals surface area contributed by atoms with E-state index < -0.39 is 0 Å². The quantitative estimate of drug-likeness (QED) is 0.386. The lowest BCUT2D eigenvalue weighted by Crippen LogP contribution is -2.19. The fourth-order valence-electron chi connectivity index (χ4n) is 1.84. The van der Waals surface area contributed by atoms with Crippen molar-refractivity contribution in [3.63, 3.8) is 0 Å². The SMILES string of the molecule is N/C(=N/O)c1cc(Br)ccc1OCC1CCCO1.